The lowest BCUT2D eigenvalue weighted by Crippen LogP contribution is -2.30. The van der Waals surface area contributed by atoms with E-state index < -0.39 is 11.6 Å². The molecular formula is C13H22F2N4. The molecule has 1 rings (SSSR count). The topological polar surface area (TPSA) is 40.2 Å². The average Bonchev–Trinajstić information content (AvgIpc) is 2.40. The van der Waals surface area contributed by atoms with Crippen LogP contribution < -0.4 is 10.6 Å². The second kappa shape index (κ2) is 7.89. The van der Waals surface area contributed by atoms with Crippen LogP contribution in [0.15, 0.2) is 6.07 Å². The van der Waals surface area contributed by atoms with E-state index in [1.807, 2.05) is 0 Å². The summed E-state index contributed by atoms with van der Waals surface area (Å²) in [7, 11) is 1.55. The molecule has 0 aromatic carbocycles. The van der Waals surface area contributed by atoms with Gasteiger partial charge in [0.1, 0.15) is 0 Å². The SMILES string of the molecule is CCCN(CC)CCNc1nc(NC)c(F)cc1F. The highest BCUT2D eigenvalue weighted by Crippen LogP contribution is 2.18. The molecule has 2 N–H and O–H groups in total. The third-order valence-electron chi connectivity index (χ3n) is 2.87. The summed E-state index contributed by atoms with van der Waals surface area (Å²) < 4.78 is 26.7. The van der Waals surface area contributed by atoms with Gasteiger partial charge >= 0.3 is 0 Å². The molecule has 1 aromatic heterocycles. The van der Waals surface area contributed by atoms with Crippen molar-refractivity contribution in [1.82, 2.24) is 9.88 Å². The Labute approximate surface area is 113 Å². The van der Waals surface area contributed by atoms with Crippen LogP contribution in [0.3, 0.4) is 0 Å². The molecule has 0 unspecified atom stereocenters. The first kappa shape index (κ1) is 15.6. The Morgan fingerprint density at radius 3 is 2.42 bits per heavy atom. The van der Waals surface area contributed by atoms with E-state index in [9.17, 15) is 8.78 Å². The van der Waals surface area contributed by atoms with Crippen molar-refractivity contribution in [2.75, 3.05) is 43.9 Å². The normalized spacial score (nSPS) is 10.8. The van der Waals surface area contributed by atoms with Gasteiger partial charge in [0.15, 0.2) is 23.3 Å². The molecular weight excluding hydrogens is 250 g/mol. The van der Waals surface area contributed by atoms with Crippen molar-refractivity contribution in [3.63, 3.8) is 0 Å². The molecule has 4 nitrogen and oxygen atoms in total. The molecule has 0 aliphatic rings. The van der Waals surface area contributed by atoms with Gasteiger partial charge in [0.05, 0.1) is 0 Å². The minimum Gasteiger partial charge on any atom is -0.371 e. The molecule has 108 valence electrons. The van der Waals surface area contributed by atoms with E-state index in [0.717, 1.165) is 32.1 Å². The third kappa shape index (κ3) is 4.63. The van der Waals surface area contributed by atoms with Crippen molar-refractivity contribution >= 4 is 11.6 Å². The minimum atomic E-state index is -0.688. The molecule has 0 bridgehead atoms. The summed E-state index contributed by atoms with van der Waals surface area (Å²) >= 11 is 0. The highest BCUT2D eigenvalue weighted by atomic mass is 19.1. The van der Waals surface area contributed by atoms with Gasteiger partial charge in [-0.3, -0.25) is 0 Å². The first-order chi connectivity index (χ1) is 9.12. The first-order valence-electron chi connectivity index (χ1n) is 6.62. The highest BCUT2D eigenvalue weighted by molar-refractivity contribution is 5.47. The van der Waals surface area contributed by atoms with Crippen LogP contribution in [-0.2, 0) is 0 Å². The molecule has 19 heavy (non-hydrogen) atoms. The monoisotopic (exact) mass is 272 g/mol. The van der Waals surface area contributed by atoms with Crippen LogP contribution in [0.4, 0.5) is 20.4 Å². The fourth-order valence-electron chi connectivity index (χ4n) is 1.84. The second-order valence-corrected chi connectivity index (χ2v) is 4.26. The summed E-state index contributed by atoms with van der Waals surface area (Å²) in [6.07, 6.45) is 1.08. The van der Waals surface area contributed by atoms with Crippen LogP contribution in [-0.4, -0.2) is 43.1 Å². The summed E-state index contributed by atoms with van der Waals surface area (Å²) in [5.74, 6) is -1.23. The number of hydrogen-bond donors (Lipinski definition) is 2. The highest BCUT2D eigenvalue weighted by Gasteiger charge is 2.10. The molecule has 0 fully saturated rings. The fraction of sp³-hybridized carbons (Fsp3) is 0.615. The predicted octanol–water partition coefficient (Wildman–Crippen LogP) is 2.55. The zero-order chi connectivity index (χ0) is 14.3. The number of pyridine rings is 1. The summed E-state index contributed by atoms with van der Waals surface area (Å²) in [5, 5.41) is 5.49. The molecule has 0 amide bonds. The number of anilines is 2. The molecule has 1 heterocycles. The molecule has 0 aliphatic heterocycles. The van der Waals surface area contributed by atoms with E-state index >= 15 is 0 Å². The van der Waals surface area contributed by atoms with Gasteiger partial charge < -0.3 is 15.5 Å². The van der Waals surface area contributed by atoms with E-state index in [1.165, 1.54) is 0 Å². The van der Waals surface area contributed by atoms with Gasteiger partial charge in [-0.2, -0.15) is 0 Å². The number of aromatic nitrogens is 1. The molecule has 6 heteroatoms. The standard InChI is InChI=1S/C13H22F2N4/c1-4-7-19(5-2)8-6-17-13-11(15)9-10(14)12(16-3)18-13/h9H,4-8H2,1-3H3,(H2,16,17,18). The van der Waals surface area contributed by atoms with Crippen LogP contribution in [0.5, 0.6) is 0 Å². The lowest BCUT2D eigenvalue weighted by atomic mass is 10.3. The number of nitrogens with zero attached hydrogens (tertiary/aromatic N) is 2. The smallest absolute Gasteiger partial charge is 0.168 e. The maximum Gasteiger partial charge on any atom is 0.168 e. The van der Waals surface area contributed by atoms with Gasteiger partial charge in [0.2, 0.25) is 0 Å². The maximum atomic E-state index is 13.5. The minimum absolute atomic E-state index is 0.0461. The second-order valence-electron chi connectivity index (χ2n) is 4.26. The van der Waals surface area contributed by atoms with Gasteiger partial charge in [-0.05, 0) is 19.5 Å². The molecule has 0 radical (unpaired) electrons. The fourth-order valence-corrected chi connectivity index (χ4v) is 1.84. The Kier molecular flexibility index (Phi) is 6.49. The van der Waals surface area contributed by atoms with E-state index in [0.29, 0.717) is 6.54 Å². The van der Waals surface area contributed by atoms with Crippen molar-refractivity contribution < 1.29 is 8.78 Å². The average molecular weight is 272 g/mol. The largest absolute Gasteiger partial charge is 0.371 e. The summed E-state index contributed by atoms with van der Waals surface area (Å²) in [6.45, 7) is 7.56. The summed E-state index contributed by atoms with van der Waals surface area (Å²) in [4.78, 5) is 6.13. The maximum absolute atomic E-state index is 13.5. The van der Waals surface area contributed by atoms with Gasteiger partial charge in [-0.1, -0.05) is 13.8 Å². The van der Waals surface area contributed by atoms with Crippen LogP contribution in [0.1, 0.15) is 20.3 Å². The van der Waals surface area contributed by atoms with Crippen molar-refractivity contribution in [2.24, 2.45) is 0 Å². The number of halogens is 2. The number of rotatable bonds is 8. The van der Waals surface area contributed by atoms with Crippen LogP contribution in [0.2, 0.25) is 0 Å². The quantitative estimate of drug-likeness (QED) is 0.763. The van der Waals surface area contributed by atoms with Crippen LogP contribution in [0.25, 0.3) is 0 Å². The van der Waals surface area contributed by atoms with E-state index in [-0.39, 0.29) is 11.6 Å². The van der Waals surface area contributed by atoms with E-state index in [2.05, 4.69) is 34.4 Å². The lowest BCUT2D eigenvalue weighted by molar-refractivity contribution is 0.300. The van der Waals surface area contributed by atoms with Crippen molar-refractivity contribution in [1.29, 1.82) is 0 Å². The third-order valence-corrected chi connectivity index (χ3v) is 2.87. The molecule has 0 saturated heterocycles. The Morgan fingerprint density at radius 1 is 1.16 bits per heavy atom. The zero-order valence-corrected chi connectivity index (χ0v) is 11.8. The molecule has 0 atom stereocenters. The van der Waals surface area contributed by atoms with Gasteiger partial charge in [-0.15, -0.1) is 0 Å². The van der Waals surface area contributed by atoms with Crippen molar-refractivity contribution in [2.45, 2.75) is 20.3 Å². The Balaban J connectivity index is 2.57. The number of likely N-dealkylation sites (N-methyl/N-ethyl adjacent to an activating group) is 1. The first-order valence-corrected chi connectivity index (χ1v) is 6.62. The molecule has 0 aliphatic carbocycles. The number of nitrogens with one attached hydrogen (secondary N) is 2. The Hall–Kier alpha value is -1.43. The van der Waals surface area contributed by atoms with Gasteiger partial charge in [0, 0.05) is 26.2 Å². The zero-order valence-electron chi connectivity index (χ0n) is 11.8. The van der Waals surface area contributed by atoms with Crippen molar-refractivity contribution in [3.8, 4) is 0 Å². The molecule has 1 aromatic rings. The van der Waals surface area contributed by atoms with E-state index in [4.69, 9.17) is 0 Å². The van der Waals surface area contributed by atoms with Crippen LogP contribution >= 0.6 is 0 Å². The van der Waals surface area contributed by atoms with Gasteiger partial charge in [-0.25, -0.2) is 13.8 Å². The summed E-state index contributed by atoms with van der Waals surface area (Å²) in [5.41, 5.74) is 0. The molecule has 0 spiro atoms. The Morgan fingerprint density at radius 2 is 1.84 bits per heavy atom. The van der Waals surface area contributed by atoms with E-state index in [1.54, 1.807) is 7.05 Å². The predicted molar refractivity (Wildman–Crippen MR) is 74.6 cm³/mol. The van der Waals surface area contributed by atoms with Crippen molar-refractivity contribution in [3.05, 3.63) is 17.7 Å². The molecule has 0 saturated carbocycles. The summed E-state index contributed by atoms with van der Waals surface area (Å²) in [6, 6.07) is 0.838. The van der Waals surface area contributed by atoms with Crippen LogP contribution in [0, 0.1) is 11.6 Å². The lowest BCUT2D eigenvalue weighted by Gasteiger charge is -2.19. The van der Waals surface area contributed by atoms with Gasteiger partial charge in [0.25, 0.3) is 0 Å². The Bertz CT molecular complexity index is 398. The number of hydrogen-bond acceptors (Lipinski definition) is 4.